The maximum atomic E-state index is 12.0. The van der Waals surface area contributed by atoms with Gasteiger partial charge in [0.2, 0.25) is 11.8 Å². The average molecular weight is 283 g/mol. The first-order chi connectivity index (χ1) is 9.40. The van der Waals surface area contributed by atoms with Gasteiger partial charge in [-0.3, -0.25) is 9.59 Å². The van der Waals surface area contributed by atoms with Gasteiger partial charge in [-0.15, -0.1) is 0 Å². The Morgan fingerprint density at radius 2 is 1.85 bits per heavy atom. The third-order valence-electron chi connectivity index (χ3n) is 3.66. The first-order valence-electron chi connectivity index (χ1n) is 7.60. The quantitative estimate of drug-likeness (QED) is 0.789. The number of carbonyl (C=O) groups excluding carboxylic acids is 2. The van der Waals surface area contributed by atoms with Crippen molar-refractivity contribution in [3.8, 4) is 0 Å². The molecule has 1 aliphatic rings. The Labute approximate surface area is 122 Å². The summed E-state index contributed by atoms with van der Waals surface area (Å²) in [5.74, 6) is 0.837. The van der Waals surface area contributed by atoms with E-state index < -0.39 is 0 Å². The third-order valence-corrected chi connectivity index (χ3v) is 3.66. The summed E-state index contributed by atoms with van der Waals surface area (Å²) in [7, 11) is 3.98. The van der Waals surface area contributed by atoms with Crippen molar-refractivity contribution < 1.29 is 9.59 Å². The lowest BCUT2D eigenvalue weighted by Crippen LogP contribution is -2.44. The number of likely N-dealkylation sites (tertiary alicyclic amines) is 1. The normalized spacial score (nSPS) is 16.8. The van der Waals surface area contributed by atoms with Crippen LogP contribution in [0.4, 0.5) is 0 Å². The van der Waals surface area contributed by atoms with Crippen LogP contribution in [0.15, 0.2) is 0 Å². The summed E-state index contributed by atoms with van der Waals surface area (Å²) in [6, 6.07) is 0. The number of rotatable bonds is 6. The molecule has 0 bridgehead atoms. The first-order valence-corrected chi connectivity index (χ1v) is 7.60. The Kier molecular flexibility index (Phi) is 6.99. The van der Waals surface area contributed by atoms with E-state index in [1.54, 1.807) is 0 Å². The zero-order chi connectivity index (χ0) is 15.1. The zero-order valence-corrected chi connectivity index (χ0v) is 13.3. The number of nitrogens with zero attached hydrogens (tertiary/aromatic N) is 2. The van der Waals surface area contributed by atoms with Gasteiger partial charge in [0.1, 0.15) is 0 Å². The molecule has 0 aliphatic carbocycles. The maximum absolute atomic E-state index is 12.0. The summed E-state index contributed by atoms with van der Waals surface area (Å²) >= 11 is 0. The highest BCUT2D eigenvalue weighted by atomic mass is 16.2. The van der Waals surface area contributed by atoms with Crippen molar-refractivity contribution >= 4 is 11.8 Å². The van der Waals surface area contributed by atoms with Crippen LogP contribution in [0.5, 0.6) is 0 Å². The van der Waals surface area contributed by atoms with Crippen LogP contribution in [-0.4, -0.2) is 61.9 Å². The number of hydrogen-bond acceptors (Lipinski definition) is 3. The fraction of sp³-hybridized carbons (Fsp3) is 0.867. The first kappa shape index (κ1) is 17.0. The van der Waals surface area contributed by atoms with Gasteiger partial charge in [-0.1, -0.05) is 13.8 Å². The van der Waals surface area contributed by atoms with E-state index in [-0.39, 0.29) is 17.7 Å². The second kappa shape index (κ2) is 8.25. The lowest BCUT2D eigenvalue weighted by molar-refractivity contribution is -0.136. The molecule has 0 atom stereocenters. The number of carbonyl (C=O) groups is 2. The van der Waals surface area contributed by atoms with Crippen LogP contribution < -0.4 is 5.32 Å². The van der Waals surface area contributed by atoms with Crippen LogP contribution in [0.25, 0.3) is 0 Å². The molecule has 0 saturated carbocycles. The van der Waals surface area contributed by atoms with Gasteiger partial charge < -0.3 is 15.1 Å². The Balaban J connectivity index is 2.27. The summed E-state index contributed by atoms with van der Waals surface area (Å²) in [5.41, 5.74) is 0. The molecule has 5 heteroatoms. The molecule has 1 aliphatic heterocycles. The molecular weight excluding hydrogens is 254 g/mol. The van der Waals surface area contributed by atoms with Crippen molar-refractivity contribution in [1.29, 1.82) is 0 Å². The van der Waals surface area contributed by atoms with Gasteiger partial charge in [0.05, 0.1) is 0 Å². The summed E-state index contributed by atoms with van der Waals surface area (Å²) < 4.78 is 0. The van der Waals surface area contributed by atoms with Gasteiger partial charge >= 0.3 is 0 Å². The second-order valence-corrected chi connectivity index (χ2v) is 6.35. The molecule has 0 unspecified atom stereocenters. The Bertz CT molecular complexity index is 321. The summed E-state index contributed by atoms with van der Waals surface area (Å²) in [6.07, 6.45) is 2.19. The van der Waals surface area contributed by atoms with Gasteiger partial charge in [0.15, 0.2) is 0 Å². The van der Waals surface area contributed by atoms with Crippen LogP contribution in [0.3, 0.4) is 0 Å². The van der Waals surface area contributed by atoms with Gasteiger partial charge in [0.25, 0.3) is 0 Å². The van der Waals surface area contributed by atoms with Crippen LogP contribution in [0.1, 0.15) is 33.1 Å². The van der Waals surface area contributed by atoms with Gasteiger partial charge in [0, 0.05) is 38.5 Å². The van der Waals surface area contributed by atoms with E-state index in [0.29, 0.717) is 18.9 Å². The molecule has 0 aromatic heterocycles. The Hall–Kier alpha value is -1.10. The lowest BCUT2D eigenvalue weighted by Gasteiger charge is -2.32. The van der Waals surface area contributed by atoms with Gasteiger partial charge in [-0.2, -0.15) is 0 Å². The van der Waals surface area contributed by atoms with Crippen LogP contribution in [0, 0.1) is 11.8 Å². The third kappa shape index (κ3) is 5.90. The largest absolute Gasteiger partial charge is 0.355 e. The highest BCUT2D eigenvalue weighted by Gasteiger charge is 2.27. The minimum absolute atomic E-state index is 0.0697. The van der Waals surface area contributed by atoms with E-state index in [4.69, 9.17) is 0 Å². The zero-order valence-electron chi connectivity index (χ0n) is 13.3. The Morgan fingerprint density at radius 1 is 1.25 bits per heavy atom. The van der Waals surface area contributed by atoms with Crippen LogP contribution in [-0.2, 0) is 9.59 Å². The summed E-state index contributed by atoms with van der Waals surface area (Å²) in [6.45, 7) is 7.11. The van der Waals surface area contributed by atoms with E-state index in [2.05, 4.69) is 19.2 Å². The molecule has 5 nitrogen and oxygen atoms in total. The van der Waals surface area contributed by atoms with E-state index in [1.165, 1.54) is 0 Å². The molecule has 1 fully saturated rings. The molecule has 0 spiro atoms. The highest BCUT2D eigenvalue weighted by Crippen LogP contribution is 2.18. The maximum Gasteiger partial charge on any atom is 0.223 e. The SMILES string of the molecule is CC(C)CC(=O)N1CCC(C(=O)NCCN(C)C)CC1. The molecule has 2 amide bonds. The predicted octanol–water partition coefficient (Wildman–Crippen LogP) is 0.949. The van der Waals surface area contributed by atoms with Crippen molar-refractivity contribution in [3.05, 3.63) is 0 Å². The van der Waals surface area contributed by atoms with Crippen molar-refractivity contribution in [3.63, 3.8) is 0 Å². The van der Waals surface area contributed by atoms with Crippen molar-refractivity contribution in [1.82, 2.24) is 15.1 Å². The molecule has 1 saturated heterocycles. The van der Waals surface area contributed by atoms with Crippen LogP contribution >= 0.6 is 0 Å². The molecular formula is C15H29N3O2. The van der Waals surface area contributed by atoms with E-state index in [9.17, 15) is 9.59 Å². The topological polar surface area (TPSA) is 52.7 Å². The van der Waals surface area contributed by atoms with E-state index in [1.807, 2.05) is 23.9 Å². The predicted molar refractivity (Wildman–Crippen MR) is 80.3 cm³/mol. The lowest BCUT2D eigenvalue weighted by atomic mass is 9.95. The number of amides is 2. The smallest absolute Gasteiger partial charge is 0.223 e. The summed E-state index contributed by atoms with van der Waals surface area (Å²) in [4.78, 5) is 27.9. The van der Waals surface area contributed by atoms with E-state index >= 15 is 0 Å². The number of nitrogens with one attached hydrogen (secondary N) is 1. The standard InChI is InChI=1S/C15H29N3O2/c1-12(2)11-14(19)18-8-5-13(6-9-18)15(20)16-7-10-17(3)4/h12-13H,5-11H2,1-4H3,(H,16,20). The monoisotopic (exact) mass is 283 g/mol. The second-order valence-electron chi connectivity index (χ2n) is 6.35. The molecule has 0 radical (unpaired) electrons. The molecule has 0 aromatic carbocycles. The fourth-order valence-corrected chi connectivity index (χ4v) is 2.42. The highest BCUT2D eigenvalue weighted by molar-refractivity contribution is 5.80. The van der Waals surface area contributed by atoms with Gasteiger partial charge in [-0.05, 0) is 32.9 Å². The number of hydrogen-bond donors (Lipinski definition) is 1. The molecule has 1 N–H and O–H groups in total. The van der Waals surface area contributed by atoms with Crippen molar-refractivity contribution in [2.75, 3.05) is 40.3 Å². The fourth-order valence-electron chi connectivity index (χ4n) is 2.42. The summed E-state index contributed by atoms with van der Waals surface area (Å²) in [5, 5.41) is 2.98. The van der Waals surface area contributed by atoms with Gasteiger partial charge in [-0.25, -0.2) is 0 Å². The minimum Gasteiger partial charge on any atom is -0.355 e. The molecule has 116 valence electrons. The van der Waals surface area contributed by atoms with Crippen LogP contribution in [0.2, 0.25) is 0 Å². The Morgan fingerprint density at radius 3 is 2.35 bits per heavy atom. The van der Waals surface area contributed by atoms with E-state index in [0.717, 1.165) is 32.5 Å². The minimum atomic E-state index is 0.0697. The molecule has 0 aromatic rings. The molecule has 1 heterocycles. The number of piperidine rings is 1. The molecule has 1 rings (SSSR count). The van der Waals surface area contributed by atoms with Crippen molar-refractivity contribution in [2.24, 2.45) is 11.8 Å². The molecule has 20 heavy (non-hydrogen) atoms. The number of likely N-dealkylation sites (N-methyl/N-ethyl adjacent to an activating group) is 1. The van der Waals surface area contributed by atoms with Crippen molar-refractivity contribution in [2.45, 2.75) is 33.1 Å². The average Bonchev–Trinajstić information content (AvgIpc) is 2.37.